The minimum Gasteiger partial charge on any atom is -0.489 e. The van der Waals surface area contributed by atoms with Crippen LogP contribution in [0.1, 0.15) is 11.4 Å². The smallest absolute Gasteiger partial charge is 0.232 e. The molecule has 7 heteroatoms. The number of hydrogen-bond donors (Lipinski definition) is 0. The number of ether oxygens (including phenoxy) is 2. The van der Waals surface area contributed by atoms with Crippen molar-refractivity contribution in [1.82, 2.24) is 14.8 Å². The first-order chi connectivity index (χ1) is 15.3. The number of rotatable bonds is 7. The summed E-state index contributed by atoms with van der Waals surface area (Å²) in [6.07, 6.45) is 3.47. The minimum absolute atomic E-state index is 0.383. The first kappa shape index (κ1) is 20.4. The van der Waals surface area contributed by atoms with E-state index in [-0.39, 0.29) is 0 Å². The van der Waals surface area contributed by atoms with Crippen molar-refractivity contribution >= 4 is 17.6 Å². The van der Waals surface area contributed by atoms with Crippen molar-refractivity contribution in [2.45, 2.75) is 0 Å². The van der Waals surface area contributed by atoms with E-state index in [4.69, 9.17) is 9.47 Å². The van der Waals surface area contributed by atoms with Crippen LogP contribution in [0.15, 0.2) is 67.3 Å². The normalized spacial score (nSPS) is 14.2. The molecule has 0 aliphatic carbocycles. The quantitative estimate of drug-likeness (QED) is 0.434. The lowest BCUT2D eigenvalue weighted by atomic mass is 10.1. The molecule has 31 heavy (non-hydrogen) atoms. The Morgan fingerprint density at radius 1 is 1.10 bits per heavy atom. The number of aromatic nitrogens is 3. The van der Waals surface area contributed by atoms with Crippen LogP contribution in [-0.4, -0.2) is 47.7 Å². The molecular weight excluding hydrogens is 390 g/mol. The summed E-state index contributed by atoms with van der Waals surface area (Å²) in [5.74, 6) is 1.85. The molecule has 0 saturated carbocycles. The SMILES string of the molecule is C=CCOc1ccccc1C=C(C#N)c1nnc(N2CCOCC2)n1-c1ccccc1. The van der Waals surface area contributed by atoms with Crippen molar-refractivity contribution in [3.63, 3.8) is 0 Å². The van der Waals surface area contributed by atoms with E-state index in [1.807, 2.05) is 59.2 Å². The van der Waals surface area contributed by atoms with E-state index in [1.54, 1.807) is 12.2 Å². The van der Waals surface area contributed by atoms with Gasteiger partial charge in [0, 0.05) is 18.7 Å². The molecule has 1 aromatic heterocycles. The van der Waals surface area contributed by atoms with Crippen LogP contribution in [0.25, 0.3) is 17.3 Å². The number of benzene rings is 2. The van der Waals surface area contributed by atoms with Crippen LogP contribution in [0.5, 0.6) is 5.75 Å². The second-order valence-corrected chi connectivity index (χ2v) is 6.90. The third kappa shape index (κ3) is 4.49. The average Bonchev–Trinajstić information content (AvgIpc) is 3.28. The molecular formula is C24H23N5O2. The van der Waals surface area contributed by atoms with Crippen molar-refractivity contribution in [3.8, 4) is 17.5 Å². The number of nitrogens with zero attached hydrogens (tertiary/aromatic N) is 5. The van der Waals surface area contributed by atoms with Crippen molar-refractivity contribution in [2.24, 2.45) is 0 Å². The lowest BCUT2D eigenvalue weighted by Crippen LogP contribution is -2.38. The molecule has 4 rings (SSSR count). The van der Waals surface area contributed by atoms with E-state index < -0.39 is 0 Å². The standard InChI is InChI=1S/C24H23N5O2/c1-2-14-31-22-11-7-6-8-19(22)17-20(18-25)23-26-27-24(28-12-15-30-16-13-28)29(23)21-9-4-3-5-10-21/h2-11,17H,1,12-16H2. The van der Waals surface area contributed by atoms with Gasteiger partial charge in [0.25, 0.3) is 0 Å². The Kier molecular flexibility index (Phi) is 6.41. The Hall–Kier alpha value is -3.89. The van der Waals surface area contributed by atoms with Gasteiger partial charge in [-0.3, -0.25) is 4.57 Å². The molecule has 156 valence electrons. The molecule has 1 fully saturated rings. The fraction of sp³-hybridized carbons (Fsp3) is 0.208. The lowest BCUT2D eigenvalue weighted by Gasteiger charge is -2.28. The minimum atomic E-state index is 0.383. The lowest BCUT2D eigenvalue weighted by molar-refractivity contribution is 0.122. The van der Waals surface area contributed by atoms with Crippen LogP contribution in [0.2, 0.25) is 0 Å². The van der Waals surface area contributed by atoms with Gasteiger partial charge in [-0.15, -0.1) is 10.2 Å². The fourth-order valence-corrected chi connectivity index (χ4v) is 3.42. The van der Waals surface area contributed by atoms with E-state index in [0.717, 1.165) is 24.3 Å². The Labute approximate surface area is 181 Å². The van der Waals surface area contributed by atoms with Gasteiger partial charge < -0.3 is 14.4 Å². The van der Waals surface area contributed by atoms with Gasteiger partial charge in [0.1, 0.15) is 18.4 Å². The van der Waals surface area contributed by atoms with E-state index in [0.29, 0.717) is 42.9 Å². The highest BCUT2D eigenvalue weighted by Crippen LogP contribution is 2.28. The summed E-state index contributed by atoms with van der Waals surface area (Å²) in [5, 5.41) is 18.9. The first-order valence-electron chi connectivity index (χ1n) is 10.1. The summed E-state index contributed by atoms with van der Waals surface area (Å²) in [5.41, 5.74) is 2.07. The van der Waals surface area contributed by atoms with Gasteiger partial charge in [-0.05, 0) is 24.3 Å². The largest absolute Gasteiger partial charge is 0.489 e. The van der Waals surface area contributed by atoms with Crippen LogP contribution in [0.3, 0.4) is 0 Å². The summed E-state index contributed by atoms with van der Waals surface area (Å²) in [6, 6.07) is 19.7. The van der Waals surface area contributed by atoms with Gasteiger partial charge in [-0.2, -0.15) is 5.26 Å². The van der Waals surface area contributed by atoms with Crippen LogP contribution < -0.4 is 9.64 Å². The van der Waals surface area contributed by atoms with Gasteiger partial charge in [0.15, 0.2) is 5.82 Å². The molecule has 0 atom stereocenters. The van der Waals surface area contributed by atoms with Crippen molar-refractivity contribution in [1.29, 1.82) is 5.26 Å². The zero-order chi connectivity index (χ0) is 21.5. The molecule has 0 radical (unpaired) electrons. The Bertz CT molecular complexity index is 1110. The van der Waals surface area contributed by atoms with Gasteiger partial charge in [0.2, 0.25) is 5.95 Å². The van der Waals surface area contributed by atoms with Crippen LogP contribution in [0.4, 0.5) is 5.95 Å². The molecule has 7 nitrogen and oxygen atoms in total. The summed E-state index contributed by atoms with van der Waals surface area (Å²) in [7, 11) is 0. The molecule has 0 unspecified atom stereocenters. The van der Waals surface area contributed by atoms with E-state index in [1.165, 1.54) is 0 Å². The van der Waals surface area contributed by atoms with Gasteiger partial charge in [-0.1, -0.05) is 49.1 Å². The van der Waals surface area contributed by atoms with E-state index in [2.05, 4.69) is 27.7 Å². The highest BCUT2D eigenvalue weighted by Gasteiger charge is 2.23. The number of anilines is 1. The molecule has 2 heterocycles. The molecule has 1 saturated heterocycles. The number of para-hydroxylation sites is 2. The topological polar surface area (TPSA) is 76.2 Å². The fourth-order valence-electron chi connectivity index (χ4n) is 3.42. The predicted octanol–water partition coefficient (Wildman–Crippen LogP) is 3.73. The van der Waals surface area contributed by atoms with Gasteiger partial charge >= 0.3 is 0 Å². The highest BCUT2D eigenvalue weighted by molar-refractivity contribution is 5.89. The number of hydrogen-bond acceptors (Lipinski definition) is 6. The Morgan fingerprint density at radius 3 is 2.58 bits per heavy atom. The maximum absolute atomic E-state index is 10.0. The Balaban J connectivity index is 1.81. The van der Waals surface area contributed by atoms with Crippen molar-refractivity contribution in [2.75, 3.05) is 37.8 Å². The molecule has 0 spiro atoms. The molecule has 0 N–H and O–H groups in total. The zero-order valence-electron chi connectivity index (χ0n) is 17.1. The summed E-state index contributed by atoms with van der Waals surface area (Å²) < 4.78 is 13.2. The summed E-state index contributed by atoms with van der Waals surface area (Å²) >= 11 is 0. The van der Waals surface area contributed by atoms with Gasteiger partial charge in [-0.25, -0.2) is 0 Å². The monoisotopic (exact) mass is 413 g/mol. The number of morpholine rings is 1. The molecule has 1 aliphatic heterocycles. The molecule has 0 bridgehead atoms. The molecule has 0 amide bonds. The second-order valence-electron chi connectivity index (χ2n) is 6.90. The average molecular weight is 413 g/mol. The van der Waals surface area contributed by atoms with Crippen LogP contribution >= 0.6 is 0 Å². The highest BCUT2D eigenvalue weighted by atomic mass is 16.5. The van der Waals surface area contributed by atoms with Crippen LogP contribution in [0, 0.1) is 11.3 Å². The summed E-state index contributed by atoms with van der Waals surface area (Å²) in [6.45, 7) is 6.77. The Morgan fingerprint density at radius 2 is 1.84 bits per heavy atom. The van der Waals surface area contributed by atoms with Crippen molar-refractivity contribution < 1.29 is 9.47 Å². The van der Waals surface area contributed by atoms with E-state index >= 15 is 0 Å². The summed E-state index contributed by atoms with van der Waals surface area (Å²) in [4.78, 5) is 2.13. The maximum Gasteiger partial charge on any atom is 0.232 e. The molecule has 1 aliphatic rings. The third-order valence-electron chi connectivity index (χ3n) is 4.89. The molecule has 3 aromatic rings. The van der Waals surface area contributed by atoms with E-state index in [9.17, 15) is 5.26 Å². The zero-order valence-corrected chi connectivity index (χ0v) is 17.1. The molecule has 2 aromatic carbocycles. The second kappa shape index (κ2) is 9.74. The number of nitriles is 1. The number of allylic oxidation sites excluding steroid dienone is 1. The van der Waals surface area contributed by atoms with Gasteiger partial charge in [0.05, 0.1) is 24.5 Å². The van der Waals surface area contributed by atoms with Crippen LogP contribution in [-0.2, 0) is 4.74 Å². The maximum atomic E-state index is 10.0. The predicted molar refractivity (Wildman–Crippen MR) is 120 cm³/mol. The van der Waals surface area contributed by atoms with Crippen molar-refractivity contribution in [3.05, 3.63) is 78.6 Å². The third-order valence-corrected chi connectivity index (χ3v) is 4.89. The first-order valence-corrected chi connectivity index (χ1v) is 10.1.